The quantitative estimate of drug-likeness (QED) is 0.841. The van der Waals surface area contributed by atoms with Gasteiger partial charge in [0.1, 0.15) is 11.5 Å². The highest BCUT2D eigenvalue weighted by Crippen LogP contribution is 2.51. The van der Waals surface area contributed by atoms with E-state index in [4.69, 9.17) is 9.47 Å². The highest BCUT2D eigenvalue weighted by molar-refractivity contribution is 5.48. The predicted molar refractivity (Wildman–Crippen MR) is 73.6 cm³/mol. The second-order valence-electron chi connectivity index (χ2n) is 5.38. The van der Waals surface area contributed by atoms with Crippen LogP contribution in [0.5, 0.6) is 11.5 Å². The van der Waals surface area contributed by atoms with Crippen molar-refractivity contribution in [3.05, 3.63) is 23.8 Å². The first-order valence-electron chi connectivity index (χ1n) is 6.57. The van der Waals surface area contributed by atoms with Crippen LogP contribution in [-0.4, -0.2) is 26.8 Å². The lowest BCUT2D eigenvalue weighted by molar-refractivity contribution is 0.390. The van der Waals surface area contributed by atoms with E-state index in [9.17, 15) is 0 Å². The van der Waals surface area contributed by atoms with Gasteiger partial charge in [0.25, 0.3) is 0 Å². The molecule has 0 unspecified atom stereocenters. The van der Waals surface area contributed by atoms with Gasteiger partial charge in [0.05, 0.1) is 14.2 Å². The molecule has 0 atom stereocenters. The van der Waals surface area contributed by atoms with Crippen molar-refractivity contribution < 1.29 is 9.47 Å². The number of ether oxygens (including phenoxy) is 2. The summed E-state index contributed by atoms with van der Waals surface area (Å²) < 4.78 is 10.8. The van der Waals surface area contributed by atoms with E-state index in [-0.39, 0.29) is 5.41 Å². The van der Waals surface area contributed by atoms with E-state index >= 15 is 0 Å². The van der Waals surface area contributed by atoms with E-state index < -0.39 is 0 Å². The van der Waals surface area contributed by atoms with Gasteiger partial charge in [-0.25, -0.2) is 0 Å². The molecule has 3 heteroatoms. The lowest BCUT2D eigenvalue weighted by Crippen LogP contribution is -2.32. The molecule has 1 N–H and O–H groups in total. The zero-order valence-corrected chi connectivity index (χ0v) is 11.7. The Bertz CT molecular complexity index is 411. The molecule has 1 fully saturated rings. The summed E-state index contributed by atoms with van der Waals surface area (Å²) in [6.45, 7) is 5.37. The molecule has 18 heavy (non-hydrogen) atoms. The first kappa shape index (κ1) is 13.2. The number of benzene rings is 1. The van der Waals surface area contributed by atoms with Crippen LogP contribution < -0.4 is 14.8 Å². The van der Waals surface area contributed by atoms with Gasteiger partial charge in [0.2, 0.25) is 0 Å². The molecule has 0 heterocycles. The fourth-order valence-corrected chi connectivity index (χ4v) is 2.32. The van der Waals surface area contributed by atoms with Crippen LogP contribution in [-0.2, 0) is 5.41 Å². The summed E-state index contributed by atoms with van der Waals surface area (Å²) in [5.74, 6) is 1.88. The van der Waals surface area contributed by atoms with Crippen LogP contribution in [0.3, 0.4) is 0 Å². The minimum absolute atomic E-state index is 0.240. The van der Waals surface area contributed by atoms with E-state index in [1.165, 1.54) is 18.4 Å². The third-order valence-corrected chi connectivity index (χ3v) is 3.68. The van der Waals surface area contributed by atoms with E-state index in [2.05, 4.69) is 25.2 Å². The first-order valence-corrected chi connectivity index (χ1v) is 6.57. The van der Waals surface area contributed by atoms with Gasteiger partial charge in [-0.2, -0.15) is 0 Å². The summed E-state index contributed by atoms with van der Waals surface area (Å²) >= 11 is 0. The molecule has 1 aromatic rings. The molecule has 2 rings (SSSR count). The Kier molecular flexibility index (Phi) is 3.81. The van der Waals surface area contributed by atoms with Gasteiger partial charge in [-0.1, -0.05) is 13.8 Å². The first-order chi connectivity index (χ1) is 8.61. The minimum Gasteiger partial charge on any atom is -0.497 e. The number of rotatable bonds is 6. The van der Waals surface area contributed by atoms with Gasteiger partial charge in [-0.15, -0.1) is 0 Å². The highest BCUT2D eigenvalue weighted by atomic mass is 16.5. The predicted octanol–water partition coefficient (Wildman–Crippen LogP) is 2.73. The Balaban J connectivity index is 2.25. The fourth-order valence-electron chi connectivity index (χ4n) is 2.32. The SMILES string of the molecule is COc1ccc(OC)c(C2(CNC(C)C)CC2)c1. The van der Waals surface area contributed by atoms with Gasteiger partial charge in [0, 0.05) is 23.6 Å². The fraction of sp³-hybridized carbons (Fsp3) is 0.600. The molecule has 100 valence electrons. The van der Waals surface area contributed by atoms with Crippen LogP contribution in [0, 0.1) is 0 Å². The molecule has 1 saturated carbocycles. The van der Waals surface area contributed by atoms with Crippen LogP contribution in [0.1, 0.15) is 32.3 Å². The van der Waals surface area contributed by atoms with Crippen molar-refractivity contribution in [3.8, 4) is 11.5 Å². The molecular formula is C15H23NO2. The molecule has 3 nitrogen and oxygen atoms in total. The van der Waals surface area contributed by atoms with E-state index in [0.717, 1.165) is 18.0 Å². The molecule has 0 bridgehead atoms. The largest absolute Gasteiger partial charge is 0.497 e. The normalized spacial score (nSPS) is 16.7. The van der Waals surface area contributed by atoms with E-state index in [0.29, 0.717) is 6.04 Å². The Morgan fingerprint density at radius 3 is 2.44 bits per heavy atom. The van der Waals surface area contributed by atoms with Gasteiger partial charge >= 0.3 is 0 Å². The molecule has 1 aliphatic rings. The van der Waals surface area contributed by atoms with Gasteiger partial charge < -0.3 is 14.8 Å². The lowest BCUT2D eigenvalue weighted by atomic mass is 9.94. The number of hydrogen-bond donors (Lipinski definition) is 1. The zero-order valence-electron chi connectivity index (χ0n) is 11.7. The molecular weight excluding hydrogens is 226 g/mol. The maximum absolute atomic E-state index is 5.49. The maximum Gasteiger partial charge on any atom is 0.122 e. The lowest BCUT2D eigenvalue weighted by Gasteiger charge is -2.21. The van der Waals surface area contributed by atoms with Gasteiger partial charge in [-0.3, -0.25) is 0 Å². The average Bonchev–Trinajstić information content (AvgIpc) is 3.16. The van der Waals surface area contributed by atoms with Crippen molar-refractivity contribution in [2.75, 3.05) is 20.8 Å². The molecule has 0 radical (unpaired) electrons. The number of hydrogen-bond acceptors (Lipinski definition) is 3. The standard InChI is InChI=1S/C15H23NO2/c1-11(2)16-10-15(7-8-15)13-9-12(17-3)5-6-14(13)18-4/h5-6,9,11,16H,7-8,10H2,1-4H3. The van der Waals surface area contributed by atoms with Crippen molar-refractivity contribution in [1.29, 1.82) is 0 Å². The topological polar surface area (TPSA) is 30.5 Å². The van der Waals surface area contributed by atoms with E-state index in [1.54, 1.807) is 14.2 Å². The summed E-state index contributed by atoms with van der Waals surface area (Å²) in [5.41, 5.74) is 1.52. The van der Waals surface area contributed by atoms with Gasteiger partial charge in [-0.05, 0) is 31.0 Å². The number of methoxy groups -OCH3 is 2. The van der Waals surface area contributed by atoms with Crippen LogP contribution in [0.4, 0.5) is 0 Å². The van der Waals surface area contributed by atoms with Gasteiger partial charge in [0.15, 0.2) is 0 Å². The summed E-state index contributed by atoms with van der Waals surface area (Å²) in [6, 6.07) is 6.59. The van der Waals surface area contributed by atoms with Crippen LogP contribution in [0.2, 0.25) is 0 Å². The Hall–Kier alpha value is -1.22. The molecule has 0 aromatic heterocycles. The van der Waals surface area contributed by atoms with Crippen LogP contribution >= 0.6 is 0 Å². The highest BCUT2D eigenvalue weighted by Gasteiger charge is 2.46. The van der Waals surface area contributed by atoms with Crippen molar-refractivity contribution in [3.63, 3.8) is 0 Å². The number of nitrogens with one attached hydrogen (secondary N) is 1. The second-order valence-corrected chi connectivity index (χ2v) is 5.38. The monoisotopic (exact) mass is 249 g/mol. The molecule has 0 aliphatic heterocycles. The maximum atomic E-state index is 5.49. The smallest absolute Gasteiger partial charge is 0.122 e. The van der Waals surface area contributed by atoms with E-state index in [1.807, 2.05) is 12.1 Å². The third-order valence-electron chi connectivity index (χ3n) is 3.68. The average molecular weight is 249 g/mol. The molecule has 0 saturated heterocycles. The van der Waals surface area contributed by atoms with Crippen molar-refractivity contribution >= 4 is 0 Å². The van der Waals surface area contributed by atoms with Crippen molar-refractivity contribution in [1.82, 2.24) is 5.32 Å². The van der Waals surface area contributed by atoms with Crippen LogP contribution in [0.15, 0.2) is 18.2 Å². The Labute approximate surface area is 109 Å². The Morgan fingerprint density at radius 1 is 1.22 bits per heavy atom. The van der Waals surface area contributed by atoms with Crippen molar-refractivity contribution in [2.45, 2.75) is 38.1 Å². The summed E-state index contributed by atoms with van der Waals surface area (Å²) in [7, 11) is 3.44. The minimum atomic E-state index is 0.240. The molecule has 1 aromatic carbocycles. The second kappa shape index (κ2) is 5.19. The van der Waals surface area contributed by atoms with Crippen LogP contribution in [0.25, 0.3) is 0 Å². The summed E-state index contributed by atoms with van der Waals surface area (Å²) in [4.78, 5) is 0. The Morgan fingerprint density at radius 2 is 1.94 bits per heavy atom. The molecule has 1 aliphatic carbocycles. The van der Waals surface area contributed by atoms with Crippen molar-refractivity contribution in [2.24, 2.45) is 0 Å². The zero-order chi connectivity index (χ0) is 13.2. The molecule has 0 amide bonds. The third kappa shape index (κ3) is 2.61. The summed E-state index contributed by atoms with van der Waals surface area (Å²) in [6.07, 6.45) is 2.44. The summed E-state index contributed by atoms with van der Waals surface area (Å²) in [5, 5.41) is 3.54. The molecule has 0 spiro atoms.